The summed E-state index contributed by atoms with van der Waals surface area (Å²) in [5, 5.41) is 0.984. The van der Waals surface area contributed by atoms with E-state index in [1.54, 1.807) is 13.0 Å². The second kappa shape index (κ2) is 5.53. The van der Waals surface area contributed by atoms with Crippen LogP contribution in [0.25, 0.3) is 22.0 Å². The Morgan fingerprint density at radius 3 is 2.09 bits per heavy atom. The highest BCUT2D eigenvalue weighted by molar-refractivity contribution is 5.96. The van der Waals surface area contributed by atoms with Crippen LogP contribution in [0.5, 0.6) is 0 Å². The Kier molecular flexibility index (Phi) is 3.55. The van der Waals surface area contributed by atoms with Gasteiger partial charge in [-0.25, -0.2) is 4.98 Å². The Balaban J connectivity index is 2.03. The van der Waals surface area contributed by atoms with E-state index in [0.717, 1.165) is 22.0 Å². The molecule has 0 saturated heterocycles. The van der Waals surface area contributed by atoms with Crippen LogP contribution in [-0.4, -0.2) is 16.6 Å². The second-order valence-corrected chi connectivity index (χ2v) is 5.29. The summed E-state index contributed by atoms with van der Waals surface area (Å²) in [4.78, 5) is 27.0. The predicted octanol–water partition coefficient (Wildman–Crippen LogP) is 4.31. The lowest BCUT2D eigenvalue weighted by atomic mass is 10.0. The molecule has 0 atom stereocenters. The number of ketones is 2. The Bertz CT molecular complexity index is 880. The molecule has 0 bridgehead atoms. The van der Waals surface area contributed by atoms with Crippen molar-refractivity contribution in [3.8, 4) is 11.1 Å². The highest BCUT2D eigenvalue weighted by Gasteiger charge is 2.05. The molecule has 0 saturated carbocycles. The van der Waals surface area contributed by atoms with Crippen molar-refractivity contribution in [2.24, 2.45) is 0 Å². The van der Waals surface area contributed by atoms with Crippen molar-refractivity contribution < 1.29 is 9.59 Å². The van der Waals surface area contributed by atoms with E-state index in [1.807, 2.05) is 48.5 Å². The molecule has 1 heterocycles. The molecular formula is C19H15NO2. The topological polar surface area (TPSA) is 47.0 Å². The van der Waals surface area contributed by atoms with E-state index < -0.39 is 0 Å². The highest BCUT2D eigenvalue weighted by atomic mass is 16.1. The smallest absolute Gasteiger partial charge is 0.178 e. The van der Waals surface area contributed by atoms with Crippen LogP contribution < -0.4 is 0 Å². The van der Waals surface area contributed by atoms with Gasteiger partial charge in [0.2, 0.25) is 0 Å². The number of fused-ring (bicyclic) bond motifs is 1. The second-order valence-electron chi connectivity index (χ2n) is 5.29. The van der Waals surface area contributed by atoms with Gasteiger partial charge in [0.1, 0.15) is 5.69 Å². The zero-order chi connectivity index (χ0) is 15.7. The first-order valence-corrected chi connectivity index (χ1v) is 7.08. The number of rotatable bonds is 3. The van der Waals surface area contributed by atoms with Crippen molar-refractivity contribution in [1.82, 2.24) is 4.98 Å². The van der Waals surface area contributed by atoms with E-state index in [2.05, 4.69) is 4.98 Å². The summed E-state index contributed by atoms with van der Waals surface area (Å²) in [5.41, 5.74) is 4.09. The minimum Gasteiger partial charge on any atom is -0.295 e. The summed E-state index contributed by atoms with van der Waals surface area (Å²) in [5.74, 6) is 0.0248. The molecule has 108 valence electrons. The molecule has 22 heavy (non-hydrogen) atoms. The maximum atomic E-state index is 11.4. The molecule has 0 unspecified atom stereocenters. The van der Waals surface area contributed by atoms with Crippen molar-refractivity contribution in [2.45, 2.75) is 13.8 Å². The van der Waals surface area contributed by atoms with Gasteiger partial charge in [0.25, 0.3) is 0 Å². The molecule has 0 amide bonds. The molecule has 0 radical (unpaired) electrons. The number of Topliss-reactive ketones (excluding diaryl/α,β-unsaturated/α-hetero) is 2. The van der Waals surface area contributed by atoms with E-state index in [1.165, 1.54) is 6.92 Å². The normalized spacial score (nSPS) is 10.6. The summed E-state index contributed by atoms with van der Waals surface area (Å²) < 4.78 is 0. The van der Waals surface area contributed by atoms with E-state index >= 15 is 0 Å². The standard InChI is InChI=1S/C19H15NO2/c1-12(21)14-3-5-15(6-4-14)16-7-10-19-17(11-16)8-9-18(20-19)13(2)22/h3-11H,1-2H3. The molecule has 1 aromatic heterocycles. The zero-order valence-electron chi connectivity index (χ0n) is 12.5. The third-order valence-corrected chi connectivity index (χ3v) is 3.67. The van der Waals surface area contributed by atoms with E-state index in [4.69, 9.17) is 0 Å². The molecule has 0 aliphatic heterocycles. The summed E-state index contributed by atoms with van der Waals surface area (Å²) in [6, 6.07) is 17.1. The quantitative estimate of drug-likeness (QED) is 0.675. The third-order valence-electron chi connectivity index (χ3n) is 3.67. The summed E-state index contributed by atoms with van der Waals surface area (Å²) in [6.45, 7) is 3.07. The van der Waals surface area contributed by atoms with Crippen LogP contribution in [0.1, 0.15) is 34.7 Å². The van der Waals surface area contributed by atoms with Crippen molar-refractivity contribution in [1.29, 1.82) is 0 Å². The Labute approximate surface area is 128 Å². The molecule has 0 spiro atoms. The minimum absolute atomic E-state index is 0.0363. The largest absolute Gasteiger partial charge is 0.295 e. The van der Waals surface area contributed by atoms with Gasteiger partial charge in [0.05, 0.1) is 5.52 Å². The number of hydrogen-bond acceptors (Lipinski definition) is 3. The number of pyridine rings is 1. The molecule has 3 rings (SSSR count). The molecule has 0 aliphatic rings. The average molecular weight is 289 g/mol. The molecule has 3 heteroatoms. The molecular weight excluding hydrogens is 274 g/mol. The summed E-state index contributed by atoms with van der Waals surface area (Å²) in [7, 11) is 0. The van der Waals surface area contributed by atoms with Gasteiger partial charge < -0.3 is 0 Å². The highest BCUT2D eigenvalue weighted by Crippen LogP contribution is 2.24. The van der Waals surface area contributed by atoms with Crippen molar-refractivity contribution >= 4 is 22.5 Å². The SMILES string of the molecule is CC(=O)c1ccc(-c2ccc3nc(C(C)=O)ccc3c2)cc1. The Morgan fingerprint density at radius 2 is 1.45 bits per heavy atom. The number of carbonyl (C=O) groups is 2. The van der Waals surface area contributed by atoms with Crippen LogP contribution in [-0.2, 0) is 0 Å². The number of hydrogen-bond donors (Lipinski definition) is 0. The molecule has 3 aromatic rings. The van der Waals surface area contributed by atoms with E-state index in [9.17, 15) is 9.59 Å². The first-order chi connectivity index (χ1) is 10.5. The van der Waals surface area contributed by atoms with Gasteiger partial charge in [-0.05, 0) is 36.2 Å². The van der Waals surface area contributed by atoms with Crippen LogP contribution in [0.3, 0.4) is 0 Å². The first kappa shape index (κ1) is 14.1. The van der Waals surface area contributed by atoms with Gasteiger partial charge in [-0.3, -0.25) is 9.59 Å². The van der Waals surface area contributed by atoms with E-state index in [-0.39, 0.29) is 11.6 Å². The minimum atomic E-state index is -0.0363. The third kappa shape index (κ3) is 2.66. The van der Waals surface area contributed by atoms with Crippen molar-refractivity contribution in [3.63, 3.8) is 0 Å². The molecule has 0 aliphatic carbocycles. The van der Waals surface area contributed by atoms with E-state index in [0.29, 0.717) is 11.3 Å². The van der Waals surface area contributed by atoms with Crippen molar-refractivity contribution in [3.05, 3.63) is 65.9 Å². The van der Waals surface area contributed by atoms with Crippen LogP contribution >= 0.6 is 0 Å². The van der Waals surface area contributed by atoms with Gasteiger partial charge >= 0.3 is 0 Å². The average Bonchev–Trinajstić information content (AvgIpc) is 2.54. The van der Waals surface area contributed by atoms with Gasteiger partial charge in [-0.1, -0.05) is 36.4 Å². The number of nitrogens with zero attached hydrogens (tertiary/aromatic N) is 1. The fourth-order valence-electron chi connectivity index (χ4n) is 2.40. The van der Waals surface area contributed by atoms with Crippen molar-refractivity contribution in [2.75, 3.05) is 0 Å². The maximum absolute atomic E-state index is 11.4. The van der Waals surface area contributed by atoms with Crippen LogP contribution in [0.15, 0.2) is 54.6 Å². The Morgan fingerprint density at radius 1 is 0.773 bits per heavy atom. The summed E-state index contributed by atoms with van der Waals surface area (Å²) in [6.07, 6.45) is 0. The molecule has 3 nitrogen and oxygen atoms in total. The van der Waals surface area contributed by atoms with Gasteiger partial charge in [-0.2, -0.15) is 0 Å². The Hall–Kier alpha value is -2.81. The monoisotopic (exact) mass is 289 g/mol. The zero-order valence-corrected chi connectivity index (χ0v) is 12.5. The molecule has 0 fully saturated rings. The van der Waals surface area contributed by atoms with Crippen LogP contribution in [0.2, 0.25) is 0 Å². The van der Waals surface area contributed by atoms with Crippen LogP contribution in [0, 0.1) is 0 Å². The maximum Gasteiger partial charge on any atom is 0.178 e. The van der Waals surface area contributed by atoms with Crippen LogP contribution in [0.4, 0.5) is 0 Å². The molecule has 0 N–H and O–H groups in total. The number of benzene rings is 2. The first-order valence-electron chi connectivity index (χ1n) is 7.08. The van der Waals surface area contributed by atoms with Gasteiger partial charge in [0.15, 0.2) is 11.6 Å². The lowest BCUT2D eigenvalue weighted by molar-refractivity contribution is 0.100. The molecule has 2 aromatic carbocycles. The number of carbonyl (C=O) groups excluding carboxylic acids is 2. The van der Waals surface area contributed by atoms with Gasteiger partial charge in [0, 0.05) is 17.9 Å². The lowest BCUT2D eigenvalue weighted by Gasteiger charge is -2.05. The number of aromatic nitrogens is 1. The summed E-state index contributed by atoms with van der Waals surface area (Å²) >= 11 is 0. The van der Waals surface area contributed by atoms with Gasteiger partial charge in [-0.15, -0.1) is 0 Å². The predicted molar refractivity (Wildman–Crippen MR) is 87.2 cm³/mol. The fourth-order valence-corrected chi connectivity index (χ4v) is 2.40. The lowest BCUT2D eigenvalue weighted by Crippen LogP contribution is -1.96. The fraction of sp³-hybridized carbons (Fsp3) is 0.105.